The van der Waals surface area contributed by atoms with Crippen LogP contribution in [0.4, 0.5) is 5.69 Å². The van der Waals surface area contributed by atoms with Crippen molar-refractivity contribution in [2.45, 2.75) is 0 Å². The fourth-order valence-electron chi connectivity index (χ4n) is 2.43. The molecule has 0 atom stereocenters. The number of para-hydroxylation sites is 1. The number of carbonyl (C=O) groups excluding carboxylic acids is 1. The molecule has 0 spiro atoms. The zero-order valence-corrected chi connectivity index (χ0v) is 14.8. The van der Waals surface area contributed by atoms with E-state index in [-0.39, 0.29) is 5.57 Å². The minimum Gasteiger partial charge on any atom is -0.320 e. The van der Waals surface area contributed by atoms with E-state index in [9.17, 15) is 10.1 Å². The average Bonchev–Trinajstić information content (AvgIpc) is 2.61. The second-order valence-corrected chi connectivity index (χ2v) is 6.33. The normalized spacial score (nSPS) is 11.1. The van der Waals surface area contributed by atoms with E-state index in [2.05, 4.69) is 27.9 Å². The van der Waals surface area contributed by atoms with Gasteiger partial charge in [-0.3, -0.25) is 4.79 Å². The Morgan fingerprint density at radius 1 is 1.00 bits per heavy atom. The molecule has 0 aromatic heterocycles. The highest BCUT2D eigenvalue weighted by Crippen LogP contribution is 2.22. The van der Waals surface area contributed by atoms with Gasteiger partial charge in [-0.1, -0.05) is 54.6 Å². The van der Waals surface area contributed by atoms with Crippen molar-refractivity contribution in [3.8, 4) is 6.07 Å². The summed E-state index contributed by atoms with van der Waals surface area (Å²) in [6, 6.07) is 23.2. The zero-order valence-electron chi connectivity index (χ0n) is 12.7. The molecular weight excluding hydrogens is 411 g/mol. The van der Waals surface area contributed by atoms with E-state index in [0.717, 1.165) is 19.9 Å². The maximum Gasteiger partial charge on any atom is 0.266 e. The van der Waals surface area contributed by atoms with Gasteiger partial charge in [0.15, 0.2) is 0 Å². The van der Waals surface area contributed by atoms with Crippen LogP contribution in [0, 0.1) is 14.9 Å². The number of nitriles is 1. The van der Waals surface area contributed by atoms with Crippen molar-refractivity contribution in [2.75, 3.05) is 5.32 Å². The highest BCUT2D eigenvalue weighted by atomic mass is 127. The molecule has 0 fully saturated rings. The third kappa shape index (κ3) is 3.47. The van der Waals surface area contributed by atoms with Crippen LogP contribution in [-0.2, 0) is 4.79 Å². The van der Waals surface area contributed by atoms with E-state index in [4.69, 9.17) is 0 Å². The van der Waals surface area contributed by atoms with Crippen molar-refractivity contribution < 1.29 is 4.79 Å². The average molecular weight is 424 g/mol. The maximum atomic E-state index is 12.4. The predicted molar refractivity (Wildman–Crippen MR) is 105 cm³/mol. The van der Waals surface area contributed by atoms with Crippen molar-refractivity contribution >= 4 is 51.0 Å². The second-order valence-electron chi connectivity index (χ2n) is 5.17. The topological polar surface area (TPSA) is 52.9 Å². The Bertz CT molecular complexity index is 981. The van der Waals surface area contributed by atoms with Gasteiger partial charge in [-0.2, -0.15) is 5.26 Å². The molecule has 4 heteroatoms. The van der Waals surface area contributed by atoms with Crippen LogP contribution in [0.25, 0.3) is 16.8 Å². The summed E-state index contributed by atoms with van der Waals surface area (Å²) in [5.41, 5.74) is 1.62. The van der Waals surface area contributed by atoms with Crippen LogP contribution in [0.2, 0.25) is 0 Å². The number of amides is 1. The highest BCUT2D eigenvalue weighted by Gasteiger charge is 2.11. The van der Waals surface area contributed by atoms with Crippen LogP contribution in [0.1, 0.15) is 5.56 Å². The molecule has 0 bridgehead atoms. The zero-order chi connectivity index (χ0) is 16.9. The highest BCUT2D eigenvalue weighted by molar-refractivity contribution is 14.1. The first kappa shape index (κ1) is 16.2. The van der Waals surface area contributed by atoms with Crippen molar-refractivity contribution in [1.82, 2.24) is 0 Å². The lowest BCUT2D eigenvalue weighted by molar-refractivity contribution is -0.112. The minimum atomic E-state index is -0.408. The largest absolute Gasteiger partial charge is 0.320 e. The Morgan fingerprint density at radius 2 is 1.71 bits per heavy atom. The van der Waals surface area contributed by atoms with Crippen LogP contribution in [0.3, 0.4) is 0 Å². The monoisotopic (exact) mass is 424 g/mol. The molecule has 0 aliphatic heterocycles. The van der Waals surface area contributed by atoms with Gasteiger partial charge >= 0.3 is 0 Å². The fourth-order valence-corrected chi connectivity index (χ4v) is 2.95. The molecule has 24 heavy (non-hydrogen) atoms. The van der Waals surface area contributed by atoms with Gasteiger partial charge in [0.25, 0.3) is 5.91 Å². The Hall–Kier alpha value is -2.65. The number of carbonyl (C=O) groups is 1. The summed E-state index contributed by atoms with van der Waals surface area (Å²) in [7, 11) is 0. The minimum absolute atomic E-state index is 0.0750. The molecule has 3 aromatic carbocycles. The van der Waals surface area contributed by atoms with Gasteiger partial charge in [-0.05, 0) is 57.1 Å². The van der Waals surface area contributed by atoms with Gasteiger partial charge in [0, 0.05) is 3.57 Å². The number of nitrogens with one attached hydrogen (secondary N) is 1. The summed E-state index contributed by atoms with van der Waals surface area (Å²) in [5, 5.41) is 14.3. The van der Waals surface area contributed by atoms with Crippen molar-refractivity contribution in [3.63, 3.8) is 0 Å². The third-order valence-corrected chi connectivity index (χ3v) is 4.55. The number of fused-ring (bicyclic) bond motifs is 1. The first-order valence-corrected chi connectivity index (χ1v) is 8.42. The molecule has 0 unspecified atom stereocenters. The van der Waals surface area contributed by atoms with Gasteiger partial charge in [-0.25, -0.2) is 0 Å². The summed E-state index contributed by atoms with van der Waals surface area (Å²) in [5.74, 6) is -0.408. The lowest BCUT2D eigenvalue weighted by Gasteiger charge is -2.07. The molecule has 0 heterocycles. The van der Waals surface area contributed by atoms with E-state index in [0.29, 0.717) is 5.69 Å². The quantitative estimate of drug-likeness (QED) is 0.366. The van der Waals surface area contributed by atoms with Crippen molar-refractivity contribution in [1.29, 1.82) is 5.26 Å². The Morgan fingerprint density at radius 3 is 2.50 bits per heavy atom. The lowest BCUT2D eigenvalue weighted by Crippen LogP contribution is -2.14. The van der Waals surface area contributed by atoms with E-state index in [1.54, 1.807) is 6.08 Å². The molecule has 116 valence electrons. The van der Waals surface area contributed by atoms with Gasteiger partial charge in [0.1, 0.15) is 11.6 Å². The van der Waals surface area contributed by atoms with Crippen LogP contribution in [0.15, 0.2) is 72.3 Å². The molecule has 3 rings (SSSR count). The molecule has 1 N–H and O–H groups in total. The Balaban J connectivity index is 1.96. The lowest BCUT2D eigenvalue weighted by atomic mass is 10.0. The van der Waals surface area contributed by atoms with Crippen LogP contribution >= 0.6 is 22.6 Å². The molecule has 0 aliphatic rings. The summed E-state index contributed by atoms with van der Waals surface area (Å²) in [6.07, 6.45) is 1.63. The van der Waals surface area contributed by atoms with E-state index in [1.807, 2.05) is 72.8 Å². The third-order valence-electron chi connectivity index (χ3n) is 3.61. The second kappa shape index (κ2) is 7.28. The van der Waals surface area contributed by atoms with Crippen molar-refractivity contribution in [3.05, 3.63) is 81.4 Å². The Kier molecular flexibility index (Phi) is 4.92. The molecular formula is C20H13IN2O. The summed E-state index contributed by atoms with van der Waals surface area (Å²) in [4.78, 5) is 12.4. The molecule has 0 saturated heterocycles. The number of benzene rings is 3. The fraction of sp³-hybridized carbons (Fsp3) is 0. The molecule has 0 aliphatic carbocycles. The number of hydrogen-bond acceptors (Lipinski definition) is 2. The summed E-state index contributed by atoms with van der Waals surface area (Å²) < 4.78 is 0.922. The van der Waals surface area contributed by atoms with E-state index < -0.39 is 5.91 Å². The van der Waals surface area contributed by atoms with E-state index >= 15 is 0 Å². The van der Waals surface area contributed by atoms with Crippen molar-refractivity contribution in [2.24, 2.45) is 0 Å². The first-order valence-electron chi connectivity index (χ1n) is 7.34. The van der Waals surface area contributed by atoms with E-state index in [1.165, 1.54) is 0 Å². The number of nitrogens with zero attached hydrogens (tertiary/aromatic N) is 1. The molecule has 3 nitrogen and oxygen atoms in total. The van der Waals surface area contributed by atoms with Gasteiger partial charge < -0.3 is 5.32 Å². The predicted octanol–water partition coefficient (Wildman–Crippen LogP) is 4.99. The number of halogens is 1. The van der Waals surface area contributed by atoms with Crippen LogP contribution in [-0.4, -0.2) is 5.91 Å². The van der Waals surface area contributed by atoms with Crippen LogP contribution in [0.5, 0.6) is 0 Å². The van der Waals surface area contributed by atoms with Gasteiger partial charge in [-0.15, -0.1) is 0 Å². The van der Waals surface area contributed by atoms with Gasteiger partial charge in [0.2, 0.25) is 0 Å². The summed E-state index contributed by atoms with van der Waals surface area (Å²) >= 11 is 2.15. The molecule has 3 aromatic rings. The summed E-state index contributed by atoms with van der Waals surface area (Å²) in [6.45, 7) is 0. The molecule has 0 radical (unpaired) electrons. The molecule has 1 amide bonds. The standard InChI is InChI=1S/C20H13IN2O/c21-18-10-3-4-11-19(18)23-20(24)16(13-22)12-15-8-5-7-14-6-1-2-9-17(14)15/h1-12H,(H,23,24)/b16-12-. The molecule has 0 saturated carbocycles. The van der Waals surface area contributed by atoms with Crippen LogP contribution < -0.4 is 5.32 Å². The number of anilines is 1. The smallest absolute Gasteiger partial charge is 0.266 e. The SMILES string of the molecule is N#C/C(=C/c1cccc2ccccc12)C(=O)Nc1ccccc1I. The first-order chi connectivity index (χ1) is 11.7. The number of rotatable bonds is 3. The van der Waals surface area contributed by atoms with Gasteiger partial charge in [0.05, 0.1) is 5.69 Å². The maximum absolute atomic E-state index is 12.4. The number of hydrogen-bond donors (Lipinski definition) is 1. The Labute approximate surface area is 153 Å².